The molecule has 0 spiro atoms. The summed E-state index contributed by atoms with van der Waals surface area (Å²) in [6.45, 7) is 0. The van der Waals surface area contributed by atoms with E-state index >= 15 is 0 Å². The van der Waals surface area contributed by atoms with Crippen molar-refractivity contribution in [2.24, 2.45) is 0 Å². The number of aromatic nitrogens is 4. The number of hydrogen-bond acceptors (Lipinski definition) is 5. The minimum Gasteiger partial charge on any atom is -0.497 e. The normalized spacial score (nSPS) is 11.1. The van der Waals surface area contributed by atoms with Crippen molar-refractivity contribution in [3.05, 3.63) is 82.3 Å². The molecule has 3 aromatic carbocycles. The Balaban J connectivity index is 1.55. The van der Waals surface area contributed by atoms with E-state index in [1.54, 1.807) is 13.2 Å². The number of ether oxygens (including phenoxy) is 1. The highest BCUT2D eigenvalue weighted by Gasteiger charge is 2.11. The van der Waals surface area contributed by atoms with Crippen LogP contribution in [0.5, 0.6) is 5.75 Å². The Hall–Kier alpha value is -4.66. The van der Waals surface area contributed by atoms with Crippen molar-refractivity contribution >= 4 is 33.8 Å². The van der Waals surface area contributed by atoms with Gasteiger partial charge in [0.25, 0.3) is 5.56 Å². The average Bonchev–Trinajstić information content (AvgIpc) is 3.21. The Labute approximate surface area is 187 Å². The molecule has 33 heavy (non-hydrogen) atoms. The summed E-state index contributed by atoms with van der Waals surface area (Å²) in [6, 6.07) is 18.9. The van der Waals surface area contributed by atoms with Gasteiger partial charge in [0, 0.05) is 11.8 Å². The lowest BCUT2D eigenvalue weighted by Crippen LogP contribution is -2.11. The molecule has 5 aromatic rings. The molecule has 0 saturated carbocycles. The van der Waals surface area contributed by atoms with Crippen LogP contribution in [-0.2, 0) is 6.42 Å². The zero-order valence-electron chi connectivity index (χ0n) is 17.5. The maximum atomic E-state index is 12.1. The maximum absolute atomic E-state index is 12.1. The standard InChI is InChI=1S/C24H19N5O4/c1-33-16-9-13(10-20-17-4-2-3-5-18(17)22(30)29-28-20)8-15(11-16)14-6-7-19-21(12-14)26-23(25-19)27-24(31)32/h2-9,11-12H,10H2,1H3,(H,29,30)(H,31,32)(H2,25,26,27). The van der Waals surface area contributed by atoms with Crippen LogP contribution in [0.3, 0.4) is 0 Å². The van der Waals surface area contributed by atoms with Crippen molar-refractivity contribution in [1.29, 1.82) is 0 Å². The van der Waals surface area contributed by atoms with Crippen LogP contribution < -0.4 is 15.6 Å². The first-order valence-corrected chi connectivity index (χ1v) is 10.1. The van der Waals surface area contributed by atoms with Crippen molar-refractivity contribution in [2.45, 2.75) is 6.42 Å². The summed E-state index contributed by atoms with van der Waals surface area (Å²) >= 11 is 0. The summed E-state index contributed by atoms with van der Waals surface area (Å²) in [6.07, 6.45) is -0.686. The SMILES string of the molecule is COc1cc(Cc2n[nH]c(=O)c3ccccc23)cc(-c2ccc3[nH]c(NC(=O)O)nc3c2)c1. The number of anilines is 1. The predicted octanol–water partition coefficient (Wildman–Crippen LogP) is 4.16. The van der Waals surface area contributed by atoms with Crippen molar-refractivity contribution < 1.29 is 14.6 Å². The van der Waals surface area contributed by atoms with Crippen LogP contribution in [0.25, 0.3) is 32.9 Å². The second-order valence-electron chi connectivity index (χ2n) is 7.54. The molecule has 5 rings (SSSR count). The number of H-pyrrole nitrogens is 2. The summed E-state index contributed by atoms with van der Waals surface area (Å²) in [5, 5.41) is 19.4. The molecule has 0 fully saturated rings. The Morgan fingerprint density at radius 1 is 1.06 bits per heavy atom. The van der Waals surface area contributed by atoms with Gasteiger partial charge in [-0.25, -0.2) is 14.9 Å². The van der Waals surface area contributed by atoms with E-state index in [4.69, 9.17) is 9.84 Å². The average molecular weight is 441 g/mol. The molecule has 9 heteroatoms. The number of amides is 1. The lowest BCUT2D eigenvalue weighted by atomic mass is 9.98. The van der Waals surface area contributed by atoms with Gasteiger partial charge in [-0.2, -0.15) is 5.10 Å². The highest BCUT2D eigenvalue weighted by Crippen LogP contribution is 2.30. The molecule has 0 aliphatic carbocycles. The fourth-order valence-corrected chi connectivity index (χ4v) is 3.89. The zero-order valence-corrected chi connectivity index (χ0v) is 17.5. The Morgan fingerprint density at radius 3 is 2.67 bits per heavy atom. The van der Waals surface area contributed by atoms with Gasteiger partial charge in [-0.05, 0) is 47.0 Å². The van der Waals surface area contributed by atoms with Gasteiger partial charge in [0.2, 0.25) is 5.95 Å². The minimum atomic E-state index is -1.19. The lowest BCUT2D eigenvalue weighted by molar-refractivity contribution is 0.209. The number of rotatable bonds is 5. The van der Waals surface area contributed by atoms with Crippen LogP contribution in [0, 0.1) is 0 Å². The van der Waals surface area contributed by atoms with Crippen LogP contribution in [0.4, 0.5) is 10.7 Å². The second kappa shape index (κ2) is 8.12. The van der Waals surface area contributed by atoms with Crippen LogP contribution in [0.15, 0.2) is 65.5 Å². The molecule has 0 bridgehead atoms. The van der Waals surface area contributed by atoms with Gasteiger partial charge in [-0.1, -0.05) is 30.3 Å². The van der Waals surface area contributed by atoms with E-state index in [0.29, 0.717) is 23.1 Å². The molecule has 0 unspecified atom stereocenters. The van der Waals surface area contributed by atoms with Crippen LogP contribution in [0.2, 0.25) is 0 Å². The molecule has 2 heterocycles. The quantitative estimate of drug-likeness (QED) is 0.324. The van der Waals surface area contributed by atoms with Gasteiger partial charge in [0.05, 0.1) is 29.2 Å². The third-order valence-electron chi connectivity index (χ3n) is 5.39. The van der Waals surface area contributed by atoms with Gasteiger partial charge in [-0.15, -0.1) is 0 Å². The van der Waals surface area contributed by atoms with Crippen molar-refractivity contribution in [3.63, 3.8) is 0 Å². The van der Waals surface area contributed by atoms with Gasteiger partial charge in [0.1, 0.15) is 5.75 Å². The summed E-state index contributed by atoms with van der Waals surface area (Å²) in [4.78, 5) is 30.2. The van der Waals surface area contributed by atoms with Crippen molar-refractivity contribution in [1.82, 2.24) is 20.2 Å². The predicted molar refractivity (Wildman–Crippen MR) is 125 cm³/mol. The van der Waals surface area contributed by atoms with Crippen LogP contribution in [0.1, 0.15) is 11.3 Å². The van der Waals surface area contributed by atoms with E-state index in [0.717, 1.165) is 33.3 Å². The molecular formula is C24H19N5O4. The van der Waals surface area contributed by atoms with E-state index in [-0.39, 0.29) is 11.5 Å². The first-order valence-electron chi connectivity index (χ1n) is 10.1. The third kappa shape index (κ3) is 3.99. The topological polar surface area (TPSA) is 133 Å². The van der Waals surface area contributed by atoms with Gasteiger partial charge < -0.3 is 14.8 Å². The number of aromatic amines is 2. The number of benzene rings is 3. The highest BCUT2D eigenvalue weighted by atomic mass is 16.5. The van der Waals surface area contributed by atoms with E-state index < -0.39 is 6.09 Å². The fourth-order valence-electron chi connectivity index (χ4n) is 3.89. The molecule has 0 aliphatic rings. The summed E-state index contributed by atoms with van der Waals surface area (Å²) in [7, 11) is 1.61. The molecular weight excluding hydrogens is 422 g/mol. The maximum Gasteiger partial charge on any atom is 0.411 e. The smallest absolute Gasteiger partial charge is 0.411 e. The Morgan fingerprint density at radius 2 is 1.88 bits per heavy atom. The van der Waals surface area contributed by atoms with E-state index in [1.807, 2.05) is 54.6 Å². The van der Waals surface area contributed by atoms with Crippen molar-refractivity contribution in [2.75, 3.05) is 12.4 Å². The molecule has 0 atom stereocenters. The molecule has 2 aromatic heterocycles. The summed E-state index contributed by atoms with van der Waals surface area (Å²) in [5.74, 6) is 0.851. The molecule has 4 N–H and O–H groups in total. The molecule has 0 saturated heterocycles. The number of nitrogens with one attached hydrogen (secondary N) is 3. The molecule has 0 radical (unpaired) electrons. The van der Waals surface area contributed by atoms with E-state index in [1.165, 1.54) is 0 Å². The number of nitrogens with zero attached hydrogens (tertiary/aromatic N) is 2. The Bertz CT molecular complexity index is 1570. The Kier molecular flexibility index (Phi) is 4.98. The number of carboxylic acid groups (broad SMARTS) is 1. The number of imidazole rings is 1. The molecule has 164 valence electrons. The third-order valence-corrected chi connectivity index (χ3v) is 5.39. The number of fused-ring (bicyclic) bond motifs is 2. The molecule has 9 nitrogen and oxygen atoms in total. The second-order valence-corrected chi connectivity index (χ2v) is 7.54. The van der Waals surface area contributed by atoms with Gasteiger partial charge in [0.15, 0.2) is 0 Å². The first kappa shape index (κ1) is 20.3. The lowest BCUT2D eigenvalue weighted by Gasteiger charge is -2.10. The summed E-state index contributed by atoms with van der Waals surface area (Å²) < 4.78 is 5.52. The largest absolute Gasteiger partial charge is 0.497 e. The van der Waals surface area contributed by atoms with Gasteiger partial charge >= 0.3 is 6.09 Å². The zero-order chi connectivity index (χ0) is 22.9. The number of methoxy groups -OCH3 is 1. The molecule has 0 aliphatic heterocycles. The number of carbonyl (C=O) groups is 1. The minimum absolute atomic E-state index is 0.164. The van der Waals surface area contributed by atoms with E-state index in [9.17, 15) is 9.59 Å². The highest BCUT2D eigenvalue weighted by molar-refractivity contribution is 5.88. The summed E-state index contributed by atoms with van der Waals surface area (Å²) in [5.41, 5.74) is 4.67. The van der Waals surface area contributed by atoms with E-state index in [2.05, 4.69) is 25.5 Å². The first-order chi connectivity index (χ1) is 16.0. The van der Waals surface area contributed by atoms with Crippen molar-refractivity contribution in [3.8, 4) is 16.9 Å². The van der Waals surface area contributed by atoms with Crippen LogP contribution in [-0.4, -0.2) is 38.5 Å². The van der Waals surface area contributed by atoms with Crippen LogP contribution >= 0.6 is 0 Å². The monoisotopic (exact) mass is 441 g/mol. The number of hydrogen-bond donors (Lipinski definition) is 4. The fraction of sp³-hybridized carbons (Fsp3) is 0.0833. The molecule has 1 amide bonds. The van der Waals surface area contributed by atoms with Gasteiger partial charge in [-0.3, -0.25) is 10.1 Å².